The number of urea groups is 1. The summed E-state index contributed by atoms with van der Waals surface area (Å²) in [6.45, 7) is 5.93. The standard InChI is InChI=1S/C25H29N7O/c1-16(9-8-12-19-10-6-5-7-11-19)32(4)25(33)29-22-14-13-20-24(28-22)27-21(15-26-20)23-17(2)30-31-18(23)3/h5-7,10-11,13-16H,8-9,12H2,1-4H3,(H,30,31)(H,27,28,29,33)/t16-/m1/s1. The predicted molar refractivity (Wildman–Crippen MR) is 130 cm³/mol. The highest BCUT2D eigenvalue weighted by Crippen LogP contribution is 2.24. The van der Waals surface area contributed by atoms with Crippen LogP contribution >= 0.6 is 0 Å². The number of pyridine rings is 1. The van der Waals surface area contributed by atoms with E-state index in [9.17, 15) is 4.79 Å². The van der Waals surface area contributed by atoms with Gasteiger partial charge in [-0.3, -0.25) is 15.4 Å². The predicted octanol–water partition coefficient (Wildman–Crippen LogP) is 4.91. The lowest BCUT2D eigenvalue weighted by Gasteiger charge is -2.25. The van der Waals surface area contributed by atoms with E-state index in [2.05, 4.69) is 61.7 Å². The number of H-pyrrole nitrogens is 1. The van der Waals surface area contributed by atoms with Gasteiger partial charge in [-0.25, -0.2) is 14.8 Å². The van der Waals surface area contributed by atoms with Crippen molar-refractivity contribution < 1.29 is 4.79 Å². The van der Waals surface area contributed by atoms with Crippen molar-refractivity contribution in [2.45, 2.75) is 46.1 Å². The fourth-order valence-corrected chi connectivity index (χ4v) is 3.85. The van der Waals surface area contributed by atoms with Gasteiger partial charge in [0, 0.05) is 24.3 Å². The van der Waals surface area contributed by atoms with Crippen LogP contribution in [-0.4, -0.2) is 49.2 Å². The van der Waals surface area contributed by atoms with Crippen LogP contribution in [0.5, 0.6) is 0 Å². The Morgan fingerprint density at radius 3 is 2.64 bits per heavy atom. The summed E-state index contributed by atoms with van der Waals surface area (Å²) in [6.07, 6.45) is 4.66. The van der Waals surface area contributed by atoms with Crippen LogP contribution in [0.25, 0.3) is 22.4 Å². The number of hydrogen-bond donors (Lipinski definition) is 2. The molecule has 1 atom stereocenters. The Kier molecular flexibility index (Phi) is 6.63. The minimum atomic E-state index is -0.195. The highest BCUT2D eigenvalue weighted by molar-refractivity contribution is 5.89. The maximum atomic E-state index is 12.8. The number of benzene rings is 1. The van der Waals surface area contributed by atoms with E-state index in [0.717, 1.165) is 36.2 Å². The zero-order valence-corrected chi connectivity index (χ0v) is 19.5. The first-order valence-corrected chi connectivity index (χ1v) is 11.2. The van der Waals surface area contributed by atoms with Crippen LogP contribution in [-0.2, 0) is 6.42 Å². The zero-order chi connectivity index (χ0) is 23.4. The molecule has 2 N–H and O–H groups in total. The van der Waals surface area contributed by atoms with Crippen molar-refractivity contribution >= 4 is 23.0 Å². The Bertz CT molecular complexity index is 1230. The van der Waals surface area contributed by atoms with Crippen LogP contribution in [0.4, 0.5) is 10.6 Å². The van der Waals surface area contributed by atoms with Crippen molar-refractivity contribution in [1.29, 1.82) is 0 Å². The number of aryl methyl sites for hydroxylation is 3. The van der Waals surface area contributed by atoms with E-state index in [1.54, 1.807) is 17.2 Å². The molecule has 0 aliphatic heterocycles. The van der Waals surface area contributed by atoms with Crippen molar-refractivity contribution in [3.8, 4) is 11.3 Å². The summed E-state index contributed by atoms with van der Waals surface area (Å²) >= 11 is 0. The molecule has 0 spiro atoms. The molecule has 0 aliphatic carbocycles. The number of nitrogens with one attached hydrogen (secondary N) is 2. The summed E-state index contributed by atoms with van der Waals surface area (Å²) in [5.74, 6) is 0.447. The number of hydrogen-bond acceptors (Lipinski definition) is 5. The molecule has 0 saturated carbocycles. The number of rotatable bonds is 7. The number of anilines is 1. The first-order chi connectivity index (χ1) is 15.9. The molecule has 33 heavy (non-hydrogen) atoms. The van der Waals surface area contributed by atoms with Gasteiger partial charge < -0.3 is 4.90 Å². The van der Waals surface area contributed by atoms with Gasteiger partial charge in [-0.2, -0.15) is 5.10 Å². The molecule has 3 aromatic heterocycles. The van der Waals surface area contributed by atoms with Gasteiger partial charge in [-0.1, -0.05) is 30.3 Å². The topological polar surface area (TPSA) is 99.7 Å². The third-order valence-electron chi connectivity index (χ3n) is 5.94. The third kappa shape index (κ3) is 5.16. The summed E-state index contributed by atoms with van der Waals surface area (Å²) in [7, 11) is 1.81. The summed E-state index contributed by atoms with van der Waals surface area (Å²) in [5, 5.41) is 10.1. The molecule has 0 saturated heterocycles. The monoisotopic (exact) mass is 443 g/mol. The van der Waals surface area contributed by atoms with Gasteiger partial charge in [0.1, 0.15) is 11.3 Å². The number of amides is 2. The van der Waals surface area contributed by atoms with Crippen LogP contribution in [0.3, 0.4) is 0 Å². The van der Waals surface area contributed by atoms with Crippen molar-refractivity contribution in [3.63, 3.8) is 0 Å². The van der Waals surface area contributed by atoms with Gasteiger partial charge in [0.15, 0.2) is 5.65 Å². The smallest absolute Gasteiger partial charge is 0.322 e. The van der Waals surface area contributed by atoms with Gasteiger partial charge in [0.25, 0.3) is 0 Å². The van der Waals surface area contributed by atoms with Gasteiger partial charge in [-0.15, -0.1) is 0 Å². The molecule has 0 radical (unpaired) electrons. The van der Waals surface area contributed by atoms with Gasteiger partial charge in [-0.05, 0) is 57.7 Å². The minimum absolute atomic E-state index is 0.104. The van der Waals surface area contributed by atoms with Gasteiger partial charge in [0.05, 0.1) is 17.6 Å². The lowest BCUT2D eigenvalue weighted by Crippen LogP contribution is -2.38. The number of carbonyl (C=O) groups is 1. The SMILES string of the molecule is Cc1n[nH]c(C)c1-c1cnc2ccc(NC(=O)N(C)[C@H](C)CCCc3ccccc3)nc2n1. The molecule has 8 heteroatoms. The first-order valence-electron chi connectivity index (χ1n) is 11.2. The summed E-state index contributed by atoms with van der Waals surface area (Å²) in [6, 6.07) is 13.9. The fourth-order valence-electron chi connectivity index (χ4n) is 3.85. The highest BCUT2D eigenvalue weighted by atomic mass is 16.2. The van der Waals surface area contributed by atoms with Crippen molar-refractivity contribution in [2.24, 2.45) is 0 Å². The van der Waals surface area contributed by atoms with Crippen molar-refractivity contribution in [3.05, 3.63) is 65.6 Å². The van der Waals surface area contributed by atoms with E-state index in [-0.39, 0.29) is 12.1 Å². The normalized spacial score (nSPS) is 12.0. The number of carbonyl (C=O) groups excluding carboxylic acids is 1. The Morgan fingerprint density at radius 1 is 1.12 bits per heavy atom. The Balaban J connectivity index is 1.41. The second-order valence-electron chi connectivity index (χ2n) is 8.37. The minimum Gasteiger partial charge on any atom is -0.325 e. The van der Waals surface area contributed by atoms with Crippen LogP contribution in [0, 0.1) is 13.8 Å². The van der Waals surface area contributed by atoms with Crippen molar-refractivity contribution in [2.75, 3.05) is 12.4 Å². The van der Waals surface area contributed by atoms with E-state index in [4.69, 9.17) is 0 Å². The molecular weight excluding hydrogens is 414 g/mol. The average molecular weight is 444 g/mol. The Hall–Kier alpha value is -3.81. The maximum absolute atomic E-state index is 12.8. The molecule has 8 nitrogen and oxygen atoms in total. The van der Waals surface area contributed by atoms with Gasteiger partial charge >= 0.3 is 6.03 Å². The molecule has 0 bridgehead atoms. The maximum Gasteiger partial charge on any atom is 0.322 e. The summed E-state index contributed by atoms with van der Waals surface area (Å²) < 4.78 is 0. The van der Waals surface area contributed by atoms with Crippen LogP contribution in [0.15, 0.2) is 48.7 Å². The zero-order valence-electron chi connectivity index (χ0n) is 19.5. The Morgan fingerprint density at radius 2 is 1.91 bits per heavy atom. The van der Waals surface area contributed by atoms with Crippen molar-refractivity contribution in [1.82, 2.24) is 30.0 Å². The number of aromatic amines is 1. The lowest BCUT2D eigenvalue weighted by molar-refractivity contribution is 0.204. The molecule has 4 aromatic rings. The summed E-state index contributed by atoms with van der Waals surface area (Å²) in [5.41, 5.74) is 5.86. The molecule has 0 fully saturated rings. The number of aromatic nitrogens is 5. The Labute approximate surface area is 193 Å². The quantitative estimate of drug-likeness (QED) is 0.423. The number of fused-ring (bicyclic) bond motifs is 1. The second-order valence-corrected chi connectivity index (χ2v) is 8.37. The largest absolute Gasteiger partial charge is 0.325 e. The van der Waals surface area contributed by atoms with Crippen LogP contribution < -0.4 is 5.32 Å². The van der Waals surface area contributed by atoms with E-state index < -0.39 is 0 Å². The molecule has 170 valence electrons. The molecule has 3 heterocycles. The molecule has 1 aromatic carbocycles. The third-order valence-corrected chi connectivity index (χ3v) is 5.94. The van der Waals surface area contributed by atoms with Crippen LogP contribution in [0.1, 0.15) is 36.7 Å². The fraction of sp³-hybridized carbons (Fsp3) is 0.320. The van der Waals surface area contributed by atoms with E-state index in [0.29, 0.717) is 22.7 Å². The number of nitrogens with zero attached hydrogens (tertiary/aromatic N) is 5. The van der Waals surface area contributed by atoms with E-state index >= 15 is 0 Å². The van der Waals surface area contributed by atoms with E-state index in [1.807, 2.05) is 33.0 Å². The van der Waals surface area contributed by atoms with E-state index in [1.165, 1.54) is 5.56 Å². The average Bonchev–Trinajstić information content (AvgIpc) is 3.16. The summed E-state index contributed by atoms with van der Waals surface area (Å²) in [4.78, 5) is 28.2. The second kappa shape index (κ2) is 9.77. The first kappa shape index (κ1) is 22.4. The molecule has 0 aliphatic rings. The van der Waals surface area contributed by atoms with Gasteiger partial charge in [0.2, 0.25) is 0 Å². The lowest BCUT2D eigenvalue weighted by atomic mass is 10.1. The molecule has 0 unspecified atom stereocenters. The van der Waals surface area contributed by atoms with Crippen LogP contribution in [0.2, 0.25) is 0 Å². The molecule has 2 amide bonds. The molecule has 4 rings (SSSR count). The molecular formula is C25H29N7O. The highest BCUT2D eigenvalue weighted by Gasteiger charge is 2.17.